The van der Waals surface area contributed by atoms with Gasteiger partial charge in [0.25, 0.3) is 0 Å². The van der Waals surface area contributed by atoms with Crippen LogP contribution in [-0.2, 0) is 4.74 Å². The predicted octanol–water partition coefficient (Wildman–Crippen LogP) is 2.96. The van der Waals surface area contributed by atoms with E-state index in [1.165, 1.54) is 5.56 Å². The second-order valence-electron chi connectivity index (χ2n) is 5.15. The van der Waals surface area contributed by atoms with Gasteiger partial charge in [0.2, 0.25) is 6.79 Å². The molecule has 2 atom stereocenters. The van der Waals surface area contributed by atoms with Crippen molar-refractivity contribution in [1.29, 1.82) is 0 Å². The van der Waals surface area contributed by atoms with Crippen LogP contribution < -0.4 is 14.8 Å². The van der Waals surface area contributed by atoms with Gasteiger partial charge in [-0.2, -0.15) is 0 Å². The Morgan fingerprint density at radius 2 is 2.14 bits per heavy atom. The van der Waals surface area contributed by atoms with Crippen LogP contribution in [0.2, 0.25) is 0 Å². The van der Waals surface area contributed by atoms with Gasteiger partial charge in [0, 0.05) is 5.92 Å². The molecule has 0 saturated carbocycles. The third kappa shape index (κ3) is 3.12. The van der Waals surface area contributed by atoms with Gasteiger partial charge in [-0.3, -0.25) is 0 Å². The van der Waals surface area contributed by atoms with Crippen LogP contribution in [0.25, 0.3) is 0 Å². The molecule has 5 heteroatoms. The van der Waals surface area contributed by atoms with Crippen LogP contribution in [0.3, 0.4) is 0 Å². The molecule has 0 radical (unpaired) electrons. The Hall–Kier alpha value is -2.17. The second-order valence-corrected chi connectivity index (χ2v) is 5.15. The molecule has 1 aromatic rings. The zero-order valence-corrected chi connectivity index (χ0v) is 12.0. The van der Waals surface area contributed by atoms with E-state index in [9.17, 15) is 4.79 Å². The van der Waals surface area contributed by atoms with Crippen LogP contribution in [0.1, 0.15) is 31.2 Å². The van der Waals surface area contributed by atoms with E-state index in [-0.39, 0.29) is 12.1 Å². The molecule has 0 aromatic heterocycles. The normalized spacial score (nSPS) is 22.9. The van der Waals surface area contributed by atoms with Crippen molar-refractivity contribution in [3.63, 3.8) is 0 Å². The minimum atomic E-state index is -0.353. The van der Waals surface area contributed by atoms with Crippen LogP contribution in [-0.4, -0.2) is 25.5 Å². The van der Waals surface area contributed by atoms with Crippen molar-refractivity contribution in [3.05, 3.63) is 35.9 Å². The maximum atomic E-state index is 11.4. The Morgan fingerprint density at radius 3 is 2.90 bits per heavy atom. The van der Waals surface area contributed by atoms with Crippen LogP contribution >= 0.6 is 0 Å². The highest BCUT2D eigenvalue weighted by Crippen LogP contribution is 2.37. The molecule has 2 aliphatic rings. The molecule has 0 bridgehead atoms. The summed E-state index contributed by atoms with van der Waals surface area (Å²) in [6, 6.07) is 6.11. The smallest absolute Gasteiger partial charge is 0.407 e. The summed E-state index contributed by atoms with van der Waals surface area (Å²) in [6.45, 7) is 2.48. The van der Waals surface area contributed by atoms with Crippen molar-refractivity contribution in [1.82, 2.24) is 5.32 Å². The summed E-state index contributed by atoms with van der Waals surface area (Å²) in [4.78, 5) is 11.4. The summed E-state index contributed by atoms with van der Waals surface area (Å²) in [6.07, 6.45) is 5.70. The van der Waals surface area contributed by atoms with E-state index in [1.807, 2.05) is 18.2 Å². The van der Waals surface area contributed by atoms with Gasteiger partial charge < -0.3 is 19.5 Å². The fourth-order valence-electron chi connectivity index (χ4n) is 2.69. The summed E-state index contributed by atoms with van der Waals surface area (Å²) < 4.78 is 15.6. The molecule has 0 fully saturated rings. The number of amides is 1. The highest BCUT2D eigenvalue weighted by molar-refractivity contribution is 5.67. The minimum Gasteiger partial charge on any atom is -0.454 e. The fourth-order valence-corrected chi connectivity index (χ4v) is 2.69. The van der Waals surface area contributed by atoms with Crippen LogP contribution in [0.4, 0.5) is 4.79 Å². The van der Waals surface area contributed by atoms with Crippen LogP contribution in [0.5, 0.6) is 11.5 Å². The minimum absolute atomic E-state index is 0.0503. The first-order valence-electron chi connectivity index (χ1n) is 7.27. The third-order valence-corrected chi connectivity index (χ3v) is 3.77. The number of ether oxygens (including phenoxy) is 3. The van der Waals surface area contributed by atoms with Crippen molar-refractivity contribution in [2.24, 2.45) is 0 Å². The van der Waals surface area contributed by atoms with Gasteiger partial charge in [0.1, 0.15) is 0 Å². The van der Waals surface area contributed by atoms with Gasteiger partial charge in [0.15, 0.2) is 11.5 Å². The number of benzene rings is 1. The topological polar surface area (TPSA) is 56.8 Å². The molecule has 1 aliphatic heterocycles. The third-order valence-electron chi connectivity index (χ3n) is 3.77. The number of nitrogens with one attached hydrogen (secondary N) is 1. The summed E-state index contributed by atoms with van der Waals surface area (Å²) in [5.41, 5.74) is 1.21. The molecule has 1 aliphatic carbocycles. The zero-order valence-electron chi connectivity index (χ0n) is 12.0. The lowest BCUT2D eigenvalue weighted by molar-refractivity contribution is 0.149. The van der Waals surface area contributed by atoms with E-state index in [2.05, 4.69) is 17.5 Å². The van der Waals surface area contributed by atoms with Crippen molar-refractivity contribution in [2.75, 3.05) is 13.4 Å². The highest BCUT2D eigenvalue weighted by Gasteiger charge is 2.21. The Labute approximate surface area is 123 Å². The average molecular weight is 289 g/mol. The molecule has 1 aromatic carbocycles. The van der Waals surface area contributed by atoms with E-state index >= 15 is 0 Å². The monoisotopic (exact) mass is 289 g/mol. The van der Waals surface area contributed by atoms with E-state index < -0.39 is 0 Å². The maximum absolute atomic E-state index is 11.4. The van der Waals surface area contributed by atoms with Crippen molar-refractivity contribution in [2.45, 2.75) is 31.7 Å². The molecular weight excluding hydrogens is 270 g/mol. The molecular formula is C16H19NO4. The molecule has 112 valence electrons. The van der Waals surface area contributed by atoms with Crippen molar-refractivity contribution in [3.8, 4) is 11.5 Å². The van der Waals surface area contributed by atoms with E-state index in [4.69, 9.17) is 14.2 Å². The number of allylic oxidation sites excluding steroid dienone is 1. The predicted molar refractivity (Wildman–Crippen MR) is 77.6 cm³/mol. The summed E-state index contributed by atoms with van der Waals surface area (Å²) in [5, 5.41) is 2.84. The summed E-state index contributed by atoms with van der Waals surface area (Å²) >= 11 is 0. The average Bonchev–Trinajstić information content (AvgIpc) is 2.95. The van der Waals surface area contributed by atoms with E-state index in [0.29, 0.717) is 19.3 Å². The van der Waals surface area contributed by atoms with E-state index in [0.717, 1.165) is 24.3 Å². The summed E-state index contributed by atoms with van der Waals surface area (Å²) in [5.74, 6) is 1.97. The number of carbonyl (C=O) groups excluding carboxylic acids is 1. The lowest BCUT2D eigenvalue weighted by Crippen LogP contribution is -2.35. The Morgan fingerprint density at radius 1 is 1.29 bits per heavy atom. The lowest BCUT2D eigenvalue weighted by Gasteiger charge is -2.23. The molecule has 0 saturated heterocycles. The lowest BCUT2D eigenvalue weighted by atomic mass is 9.87. The molecule has 3 rings (SSSR count). The molecule has 1 N–H and O–H groups in total. The largest absolute Gasteiger partial charge is 0.454 e. The zero-order chi connectivity index (χ0) is 14.7. The van der Waals surface area contributed by atoms with Gasteiger partial charge in [-0.25, -0.2) is 4.79 Å². The maximum Gasteiger partial charge on any atom is 0.407 e. The number of rotatable bonds is 3. The highest BCUT2D eigenvalue weighted by atomic mass is 16.7. The van der Waals surface area contributed by atoms with Gasteiger partial charge in [-0.1, -0.05) is 18.2 Å². The first kappa shape index (κ1) is 13.8. The van der Waals surface area contributed by atoms with E-state index in [1.54, 1.807) is 6.92 Å². The van der Waals surface area contributed by atoms with Crippen molar-refractivity contribution < 1.29 is 19.0 Å². The van der Waals surface area contributed by atoms with Crippen LogP contribution in [0, 0.1) is 0 Å². The Bertz CT molecular complexity index is 555. The quantitative estimate of drug-likeness (QED) is 0.869. The Balaban J connectivity index is 1.63. The van der Waals surface area contributed by atoms with Gasteiger partial charge in [-0.05, 0) is 37.5 Å². The summed E-state index contributed by atoms with van der Waals surface area (Å²) in [7, 11) is 0. The number of hydrogen-bond donors (Lipinski definition) is 1. The van der Waals surface area contributed by atoms with Crippen molar-refractivity contribution >= 4 is 6.09 Å². The Kier molecular flexibility index (Phi) is 3.99. The molecule has 0 spiro atoms. The van der Waals surface area contributed by atoms with Gasteiger partial charge in [0.05, 0.1) is 12.6 Å². The first-order valence-corrected chi connectivity index (χ1v) is 7.27. The van der Waals surface area contributed by atoms with Crippen LogP contribution in [0.15, 0.2) is 30.4 Å². The first-order chi connectivity index (χ1) is 10.3. The van der Waals surface area contributed by atoms with Gasteiger partial charge >= 0.3 is 6.09 Å². The molecule has 1 amide bonds. The SMILES string of the molecule is CCOC(=O)N[C@@H]1C=C[C@@H](c2ccc3c(c2)OCO3)CC1. The second kappa shape index (κ2) is 6.08. The number of alkyl carbamates (subject to hydrolysis) is 1. The molecule has 5 nitrogen and oxygen atoms in total. The molecule has 21 heavy (non-hydrogen) atoms. The molecule has 1 heterocycles. The number of fused-ring (bicyclic) bond motifs is 1. The van der Waals surface area contributed by atoms with Gasteiger partial charge in [-0.15, -0.1) is 0 Å². The number of hydrogen-bond acceptors (Lipinski definition) is 4. The standard InChI is InChI=1S/C16H19NO4/c1-2-19-16(18)17-13-6-3-11(4-7-13)12-5-8-14-15(9-12)21-10-20-14/h3,5-6,8-9,11,13H,2,4,7,10H2,1H3,(H,17,18)/t11-,13-/m1/s1. The molecule has 0 unspecified atom stereocenters. The number of carbonyl (C=O) groups is 1. The fraction of sp³-hybridized carbons (Fsp3) is 0.438.